The predicted octanol–water partition coefficient (Wildman–Crippen LogP) is 5.28. The number of nitrogens with zero attached hydrogens (tertiary/aromatic N) is 1. The van der Waals surface area contributed by atoms with Crippen molar-refractivity contribution in [2.45, 2.75) is 33.1 Å². The van der Waals surface area contributed by atoms with Crippen LogP contribution in [0.2, 0.25) is 0 Å². The number of nitrogens with one attached hydrogen (secondary N) is 1. The zero-order chi connectivity index (χ0) is 21.5. The van der Waals surface area contributed by atoms with E-state index in [0.29, 0.717) is 24.6 Å². The van der Waals surface area contributed by atoms with E-state index in [1.54, 1.807) is 6.26 Å². The lowest BCUT2D eigenvalue weighted by Crippen LogP contribution is -2.22. The summed E-state index contributed by atoms with van der Waals surface area (Å²) < 4.78 is 11.0. The van der Waals surface area contributed by atoms with E-state index in [-0.39, 0.29) is 5.91 Å². The Morgan fingerprint density at radius 3 is 2.61 bits per heavy atom. The molecule has 4 rings (SSSR count). The number of rotatable bonds is 9. The molecule has 1 amide bonds. The molecule has 0 fully saturated rings. The van der Waals surface area contributed by atoms with Crippen molar-refractivity contribution in [1.82, 2.24) is 10.3 Å². The molecule has 2 aromatic carbocycles. The van der Waals surface area contributed by atoms with Gasteiger partial charge in [0.05, 0.1) is 23.6 Å². The highest BCUT2D eigenvalue weighted by atomic mass is 32.1. The molecule has 0 bridgehead atoms. The van der Waals surface area contributed by atoms with Crippen molar-refractivity contribution < 1.29 is 13.9 Å². The van der Waals surface area contributed by atoms with E-state index < -0.39 is 0 Å². The quantitative estimate of drug-likeness (QED) is 0.391. The molecule has 0 unspecified atom stereocenters. The van der Waals surface area contributed by atoms with E-state index in [1.807, 2.05) is 61.5 Å². The lowest BCUT2D eigenvalue weighted by molar-refractivity contribution is 0.0928. The molecule has 5 nitrogen and oxygen atoms in total. The van der Waals surface area contributed by atoms with Crippen LogP contribution in [0.25, 0.3) is 0 Å². The zero-order valence-electron chi connectivity index (χ0n) is 17.3. The van der Waals surface area contributed by atoms with Crippen LogP contribution in [0.4, 0.5) is 0 Å². The number of carbonyl (C=O) groups excluding carboxylic acids is 1. The fourth-order valence-electron chi connectivity index (χ4n) is 3.27. The summed E-state index contributed by atoms with van der Waals surface area (Å²) in [4.78, 5) is 18.0. The number of furan rings is 1. The molecule has 158 valence electrons. The van der Waals surface area contributed by atoms with Gasteiger partial charge in [-0.25, -0.2) is 4.98 Å². The standard InChI is InChI=1S/C25H24N2O3S/c1-18-24(31-23(27-18)14-19-7-3-2-4-8-19)25(28)26-15-20-9-5-10-21(13-20)16-29-17-22-11-6-12-30-22/h2-13H,14-17H2,1H3,(H,26,28). The second-order valence-corrected chi connectivity index (χ2v) is 8.34. The Bertz CT molecular complexity index is 1120. The number of hydrogen-bond acceptors (Lipinski definition) is 5. The lowest BCUT2D eigenvalue weighted by atomic mass is 10.1. The normalized spacial score (nSPS) is 10.9. The fourth-order valence-corrected chi connectivity index (χ4v) is 4.28. The number of aryl methyl sites for hydroxylation is 1. The van der Waals surface area contributed by atoms with Gasteiger partial charge in [0.25, 0.3) is 5.91 Å². The number of thiazole rings is 1. The highest BCUT2D eigenvalue weighted by Crippen LogP contribution is 2.21. The summed E-state index contributed by atoms with van der Waals surface area (Å²) in [6, 6.07) is 21.9. The molecule has 6 heteroatoms. The maximum atomic E-state index is 12.7. The van der Waals surface area contributed by atoms with Crippen molar-refractivity contribution in [3.63, 3.8) is 0 Å². The van der Waals surface area contributed by atoms with Gasteiger partial charge in [-0.05, 0) is 35.7 Å². The molecular weight excluding hydrogens is 408 g/mol. The average molecular weight is 433 g/mol. The van der Waals surface area contributed by atoms with Crippen LogP contribution in [-0.2, 0) is 30.9 Å². The van der Waals surface area contributed by atoms with Crippen molar-refractivity contribution in [3.05, 3.63) is 111 Å². The first kappa shape index (κ1) is 21.0. The zero-order valence-corrected chi connectivity index (χ0v) is 18.2. The van der Waals surface area contributed by atoms with Crippen molar-refractivity contribution >= 4 is 17.2 Å². The van der Waals surface area contributed by atoms with Crippen LogP contribution >= 0.6 is 11.3 Å². The van der Waals surface area contributed by atoms with Gasteiger partial charge in [-0.2, -0.15) is 0 Å². The molecule has 0 aliphatic carbocycles. The lowest BCUT2D eigenvalue weighted by Gasteiger charge is -2.07. The summed E-state index contributed by atoms with van der Waals surface area (Å²) in [5, 5.41) is 3.96. The summed E-state index contributed by atoms with van der Waals surface area (Å²) in [6.45, 7) is 3.26. The maximum absolute atomic E-state index is 12.7. The van der Waals surface area contributed by atoms with Gasteiger partial charge >= 0.3 is 0 Å². The SMILES string of the molecule is Cc1nc(Cc2ccccc2)sc1C(=O)NCc1cccc(COCc2ccco2)c1. The third-order valence-corrected chi connectivity index (χ3v) is 5.94. The number of ether oxygens (including phenoxy) is 1. The molecule has 0 spiro atoms. The minimum atomic E-state index is -0.0891. The second kappa shape index (κ2) is 10.2. The molecule has 0 aliphatic heterocycles. The highest BCUT2D eigenvalue weighted by Gasteiger charge is 2.15. The van der Waals surface area contributed by atoms with Gasteiger partial charge in [0.15, 0.2) is 0 Å². The Kier molecular flexibility index (Phi) is 6.92. The predicted molar refractivity (Wildman–Crippen MR) is 121 cm³/mol. The second-order valence-electron chi connectivity index (χ2n) is 7.26. The van der Waals surface area contributed by atoms with Gasteiger partial charge in [0, 0.05) is 13.0 Å². The van der Waals surface area contributed by atoms with Crippen molar-refractivity contribution in [3.8, 4) is 0 Å². The largest absolute Gasteiger partial charge is 0.467 e. The van der Waals surface area contributed by atoms with Gasteiger partial charge in [-0.3, -0.25) is 4.79 Å². The number of hydrogen-bond donors (Lipinski definition) is 1. The van der Waals surface area contributed by atoms with Crippen molar-refractivity contribution in [2.24, 2.45) is 0 Å². The van der Waals surface area contributed by atoms with Crippen LogP contribution in [0.15, 0.2) is 77.4 Å². The van der Waals surface area contributed by atoms with Crippen molar-refractivity contribution in [2.75, 3.05) is 0 Å². The first-order chi connectivity index (χ1) is 15.2. The van der Waals surface area contributed by atoms with Crippen molar-refractivity contribution in [1.29, 1.82) is 0 Å². The van der Waals surface area contributed by atoms with Crippen LogP contribution in [0.1, 0.15) is 42.8 Å². The van der Waals surface area contributed by atoms with Crippen LogP contribution in [0, 0.1) is 6.92 Å². The van der Waals surface area contributed by atoms with Crippen LogP contribution in [0.3, 0.4) is 0 Å². The molecule has 2 aromatic heterocycles. The van der Waals surface area contributed by atoms with Gasteiger partial charge in [-0.15, -0.1) is 11.3 Å². The Labute approximate surface area is 185 Å². The highest BCUT2D eigenvalue weighted by molar-refractivity contribution is 7.13. The smallest absolute Gasteiger partial charge is 0.263 e. The number of benzene rings is 2. The van der Waals surface area contributed by atoms with Crippen LogP contribution in [-0.4, -0.2) is 10.9 Å². The molecular formula is C25H24N2O3S. The summed E-state index contributed by atoms with van der Waals surface area (Å²) in [6.07, 6.45) is 2.37. The van der Waals surface area contributed by atoms with Gasteiger partial charge < -0.3 is 14.5 Å². The van der Waals surface area contributed by atoms with Crippen LogP contribution in [0.5, 0.6) is 0 Å². The average Bonchev–Trinajstić information content (AvgIpc) is 3.43. The Morgan fingerprint density at radius 1 is 1.00 bits per heavy atom. The number of amides is 1. The molecule has 1 N–H and O–H groups in total. The van der Waals surface area contributed by atoms with E-state index in [4.69, 9.17) is 9.15 Å². The monoisotopic (exact) mass is 432 g/mol. The number of carbonyl (C=O) groups is 1. The van der Waals surface area contributed by atoms with E-state index in [2.05, 4.69) is 22.4 Å². The topological polar surface area (TPSA) is 64.4 Å². The summed E-state index contributed by atoms with van der Waals surface area (Å²) >= 11 is 1.46. The minimum absolute atomic E-state index is 0.0891. The van der Waals surface area contributed by atoms with Crippen LogP contribution < -0.4 is 5.32 Å². The van der Waals surface area contributed by atoms with Gasteiger partial charge in [0.2, 0.25) is 0 Å². The molecule has 4 aromatic rings. The van der Waals surface area contributed by atoms with E-state index in [0.717, 1.165) is 34.0 Å². The maximum Gasteiger partial charge on any atom is 0.263 e. The number of aromatic nitrogens is 1. The Morgan fingerprint density at radius 2 is 1.81 bits per heavy atom. The molecule has 0 saturated heterocycles. The molecule has 0 aliphatic rings. The first-order valence-corrected chi connectivity index (χ1v) is 11.0. The third-order valence-electron chi connectivity index (χ3n) is 4.78. The van der Waals surface area contributed by atoms with Gasteiger partial charge in [-0.1, -0.05) is 54.6 Å². The van der Waals surface area contributed by atoms with E-state index in [1.165, 1.54) is 16.9 Å². The van der Waals surface area contributed by atoms with E-state index in [9.17, 15) is 4.79 Å². The molecule has 0 radical (unpaired) electrons. The fraction of sp³-hybridized carbons (Fsp3) is 0.200. The minimum Gasteiger partial charge on any atom is -0.467 e. The third kappa shape index (κ3) is 5.90. The summed E-state index contributed by atoms with van der Waals surface area (Å²) in [5.41, 5.74) is 4.04. The molecule has 2 heterocycles. The molecule has 0 atom stereocenters. The van der Waals surface area contributed by atoms with E-state index >= 15 is 0 Å². The first-order valence-electron chi connectivity index (χ1n) is 10.1. The van der Waals surface area contributed by atoms with Gasteiger partial charge in [0.1, 0.15) is 17.2 Å². The summed E-state index contributed by atoms with van der Waals surface area (Å²) in [7, 11) is 0. The molecule has 31 heavy (non-hydrogen) atoms. The Balaban J connectivity index is 1.31. The molecule has 0 saturated carbocycles. The summed E-state index contributed by atoms with van der Waals surface area (Å²) in [5.74, 6) is 0.712. The Hall–Kier alpha value is -3.22.